The van der Waals surface area contributed by atoms with Crippen LogP contribution in [0.15, 0.2) is 36.5 Å². The van der Waals surface area contributed by atoms with Crippen LogP contribution in [-0.4, -0.2) is 32.3 Å². The van der Waals surface area contributed by atoms with Crippen molar-refractivity contribution in [3.05, 3.63) is 52.7 Å². The molecule has 2 aromatic rings. The van der Waals surface area contributed by atoms with Gasteiger partial charge in [-0.3, -0.25) is 18.2 Å². The Bertz CT molecular complexity index is 829. The normalized spacial score (nSPS) is 17.4. The van der Waals surface area contributed by atoms with Crippen molar-refractivity contribution < 1.29 is 13.9 Å². The van der Waals surface area contributed by atoms with Crippen LogP contribution < -0.4 is 9.62 Å². The number of hydrogen-bond donors (Lipinski definition) is 3. The maximum atomic E-state index is 12.7. The first-order valence-corrected chi connectivity index (χ1v) is 10.4. The molecule has 1 fully saturated rings. The van der Waals surface area contributed by atoms with Crippen molar-refractivity contribution >= 4 is 39.8 Å². The minimum atomic E-state index is -2.82. The van der Waals surface area contributed by atoms with Gasteiger partial charge in [0.15, 0.2) is 0 Å². The first-order chi connectivity index (χ1) is 12.3. The average molecular weight is 396 g/mol. The van der Waals surface area contributed by atoms with E-state index in [-0.39, 0.29) is 11.5 Å². The van der Waals surface area contributed by atoms with Crippen LogP contribution in [0.25, 0.3) is 0 Å². The summed E-state index contributed by atoms with van der Waals surface area (Å²) in [5.41, 5.74) is 1.91. The number of halogens is 1. The van der Waals surface area contributed by atoms with Crippen LogP contribution in [0.3, 0.4) is 0 Å². The van der Waals surface area contributed by atoms with E-state index in [1.165, 1.54) is 4.31 Å². The van der Waals surface area contributed by atoms with Crippen molar-refractivity contribution in [1.82, 2.24) is 4.98 Å². The van der Waals surface area contributed by atoms with Gasteiger partial charge in [0.1, 0.15) is 5.82 Å². The first-order valence-electron chi connectivity index (χ1n) is 8.38. The number of pyridine rings is 1. The van der Waals surface area contributed by atoms with E-state index in [9.17, 15) is 13.9 Å². The molecule has 0 saturated carbocycles. The van der Waals surface area contributed by atoms with Gasteiger partial charge in [0.05, 0.1) is 22.0 Å². The van der Waals surface area contributed by atoms with Crippen molar-refractivity contribution in [3.8, 4) is 0 Å². The summed E-state index contributed by atoms with van der Waals surface area (Å²) in [5, 5.41) is 3.06. The standard InChI is InChI=1S/C18H22ClN3O3S/c1-12(2)13-6-7-20-17(10-13)21-18(23)15-11-14(4-5-16(15)19)22-8-3-9-26(22,24)25/h4-7,10-12,24-25H,3,8-9H2,1-2H3,(H,20,21,23). The molecule has 1 saturated heterocycles. The Morgan fingerprint density at radius 2 is 2.08 bits per heavy atom. The van der Waals surface area contributed by atoms with E-state index in [0.29, 0.717) is 41.2 Å². The molecule has 1 aliphatic rings. The van der Waals surface area contributed by atoms with E-state index < -0.39 is 10.8 Å². The second kappa shape index (κ2) is 7.44. The molecule has 26 heavy (non-hydrogen) atoms. The highest BCUT2D eigenvalue weighted by atomic mass is 35.5. The molecule has 1 aromatic carbocycles. The third-order valence-corrected chi connectivity index (χ3v) is 6.57. The maximum Gasteiger partial charge on any atom is 0.258 e. The number of aromatic nitrogens is 1. The van der Waals surface area contributed by atoms with Gasteiger partial charge < -0.3 is 5.32 Å². The lowest BCUT2D eigenvalue weighted by Gasteiger charge is -2.38. The summed E-state index contributed by atoms with van der Waals surface area (Å²) in [4.78, 5) is 16.9. The molecule has 1 aliphatic heterocycles. The van der Waals surface area contributed by atoms with Crippen molar-refractivity contribution in [2.24, 2.45) is 0 Å². The zero-order chi connectivity index (χ0) is 18.9. The molecule has 3 N–H and O–H groups in total. The van der Waals surface area contributed by atoms with Gasteiger partial charge in [-0.15, -0.1) is 10.8 Å². The molecule has 3 rings (SSSR count). The Morgan fingerprint density at radius 1 is 1.31 bits per heavy atom. The van der Waals surface area contributed by atoms with Gasteiger partial charge in [0.2, 0.25) is 0 Å². The van der Waals surface area contributed by atoms with Crippen LogP contribution in [-0.2, 0) is 0 Å². The fourth-order valence-electron chi connectivity index (χ4n) is 2.86. The summed E-state index contributed by atoms with van der Waals surface area (Å²) < 4.78 is 21.8. The maximum absolute atomic E-state index is 12.7. The van der Waals surface area contributed by atoms with Crippen molar-refractivity contribution in [2.75, 3.05) is 21.9 Å². The number of hydrogen-bond acceptors (Lipinski definition) is 5. The molecule has 140 valence electrons. The topological polar surface area (TPSA) is 85.7 Å². The van der Waals surface area contributed by atoms with E-state index >= 15 is 0 Å². The Kier molecular flexibility index (Phi) is 5.43. The summed E-state index contributed by atoms with van der Waals surface area (Å²) in [5.74, 6) is 0.721. The molecule has 1 amide bonds. The Balaban J connectivity index is 1.85. The smallest absolute Gasteiger partial charge is 0.258 e. The van der Waals surface area contributed by atoms with E-state index in [4.69, 9.17) is 11.6 Å². The Morgan fingerprint density at radius 3 is 2.73 bits per heavy atom. The lowest BCUT2D eigenvalue weighted by Crippen LogP contribution is -2.22. The van der Waals surface area contributed by atoms with Crippen molar-refractivity contribution in [1.29, 1.82) is 0 Å². The predicted octanol–water partition coefficient (Wildman–Crippen LogP) is 4.99. The molecular formula is C18H22ClN3O3S. The molecule has 6 nitrogen and oxygen atoms in total. The molecule has 1 aromatic heterocycles. The van der Waals surface area contributed by atoms with E-state index in [2.05, 4.69) is 24.1 Å². The number of anilines is 2. The van der Waals surface area contributed by atoms with E-state index in [1.807, 2.05) is 12.1 Å². The van der Waals surface area contributed by atoms with E-state index in [1.54, 1.807) is 24.4 Å². The van der Waals surface area contributed by atoms with Gasteiger partial charge in [0.25, 0.3) is 5.91 Å². The molecule has 0 bridgehead atoms. The van der Waals surface area contributed by atoms with Crippen LogP contribution in [0, 0.1) is 0 Å². The minimum Gasteiger partial charge on any atom is -0.307 e. The number of nitrogens with zero attached hydrogens (tertiary/aromatic N) is 2. The summed E-state index contributed by atoms with van der Waals surface area (Å²) in [6.45, 7) is 4.66. The van der Waals surface area contributed by atoms with Gasteiger partial charge in [-0.1, -0.05) is 25.4 Å². The molecular weight excluding hydrogens is 374 g/mol. The SMILES string of the molecule is CC(C)c1ccnc(NC(=O)c2cc(N3CCCS3(O)O)ccc2Cl)c1. The Hall–Kier alpha value is -1.80. The first kappa shape index (κ1) is 19.0. The number of benzene rings is 1. The summed E-state index contributed by atoms with van der Waals surface area (Å²) in [6.07, 6.45) is 2.35. The van der Waals surface area contributed by atoms with Crippen LogP contribution >= 0.6 is 22.4 Å². The van der Waals surface area contributed by atoms with Gasteiger partial charge in [-0.25, -0.2) is 4.98 Å². The average Bonchev–Trinajstić information content (AvgIpc) is 2.94. The molecule has 0 aliphatic carbocycles. The number of carbonyl (C=O) groups excluding carboxylic acids is 1. The van der Waals surface area contributed by atoms with Crippen LogP contribution in [0.1, 0.15) is 42.1 Å². The monoisotopic (exact) mass is 395 g/mol. The van der Waals surface area contributed by atoms with Crippen LogP contribution in [0.2, 0.25) is 5.02 Å². The lowest BCUT2D eigenvalue weighted by molar-refractivity contribution is 0.102. The zero-order valence-corrected chi connectivity index (χ0v) is 16.2. The third-order valence-electron chi connectivity index (χ3n) is 4.31. The lowest BCUT2D eigenvalue weighted by atomic mass is 10.1. The fraction of sp³-hybridized carbons (Fsp3) is 0.333. The Labute approximate surface area is 159 Å². The zero-order valence-electron chi connectivity index (χ0n) is 14.6. The fourth-order valence-corrected chi connectivity index (χ4v) is 4.67. The number of amides is 1. The van der Waals surface area contributed by atoms with Gasteiger partial charge in [0, 0.05) is 12.7 Å². The second-order valence-electron chi connectivity index (χ2n) is 6.54. The molecule has 0 radical (unpaired) electrons. The molecule has 8 heteroatoms. The molecule has 2 heterocycles. The summed E-state index contributed by atoms with van der Waals surface area (Å²) in [7, 11) is -2.82. The number of carbonyl (C=O) groups is 1. The highest BCUT2D eigenvalue weighted by molar-refractivity contribution is 8.25. The van der Waals surface area contributed by atoms with Gasteiger partial charge in [-0.2, -0.15) is 0 Å². The van der Waals surface area contributed by atoms with Crippen LogP contribution in [0.4, 0.5) is 11.5 Å². The minimum absolute atomic E-state index is 0.267. The highest BCUT2D eigenvalue weighted by Gasteiger charge is 2.29. The van der Waals surface area contributed by atoms with Crippen LogP contribution in [0.5, 0.6) is 0 Å². The largest absolute Gasteiger partial charge is 0.307 e. The van der Waals surface area contributed by atoms with Crippen molar-refractivity contribution in [2.45, 2.75) is 26.2 Å². The van der Waals surface area contributed by atoms with Gasteiger partial charge in [-0.05, 0) is 48.2 Å². The molecule has 0 unspecified atom stereocenters. The number of rotatable bonds is 4. The van der Waals surface area contributed by atoms with Crippen molar-refractivity contribution in [3.63, 3.8) is 0 Å². The number of nitrogens with one attached hydrogen (secondary N) is 1. The van der Waals surface area contributed by atoms with Gasteiger partial charge >= 0.3 is 0 Å². The highest BCUT2D eigenvalue weighted by Crippen LogP contribution is 2.51. The van der Waals surface area contributed by atoms with E-state index in [0.717, 1.165) is 5.56 Å². The summed E-state index contributed by atoms with van der Waals surface area (Å²) in [6, 6.07) is 8.61. The quantitative estimate of drug-likeness (QED) is 0.679. The molecule has 0 spiro atoms. The summed E-state index contributed by atoms with van der Waals surface area (Å²) >= 11 is 6.20. The second-order valence-corrected chi connectivity index (χ2v) is 9.06. The third kappa shape index (κ3) is 3.96. The predicted molar refractivity (Wildman–Crippen MR) is 107 cm³/mol. The molecule has 0 atom stereocenters.